The molecule has 0 atom stereocenters. The second kappa shape index (κ2) is 5.51. The highest BCUT2D eigenvalue weighted by Crippen LogP contribution is 2.33. The van der Waals surface area contributed by atoms with E-state index in [4.69, 9.17) is 0 Å². The first-order valence-corrected chi connectivity index (χ1v) is 5.62. The molecule has 0 saturated carbocycles. The summed E-state index contributed by atoms with van der Waals surface area (Å²) < 4.78 is 68.6. The smallest absolute Gasteiger partial charge is 0.419 e. The zero-order valence-electron chi connectivity index (χ0n) is 10.2. The van der Waals surface area contributed by atoms with Crippen molar-refractivity contribution in [1.29, 1.82) is 0 Å². The molecule has 0 aliphatic heterocycles. The van der Waals surface area contributed by atoms with Crippen molar-refractivity contribution in [2.75, 3.05) is 0 Å². The van der Waals surface area contributed by atoms with Crippen molar-refractivity contribution in [3.05, 3.63) is 65.2 Å². The number of ether oxygens (including phenoxy) is 1. The molecule has 21 heavy (non-hydrogen) atoms. The van der Waals surface area contributed by atoms with Crippen molar-refractivity contribution in [2.24, 2.45) is 0 Å². The fraction of sp³-hybridized carbons (Fsp3) is 0.0714. The van der Waals surface area contributed by atoms with E-state index in [1.54, 1.807) is 0 Å². The molecule has 0 aromatic heterocycles. The second-order valence-electron chi connectivity index (χ2n) is 4.01. The van der Waals surface area contributed by atoms with Gasteiger partial charge in [0.15, 0.2) is 0 Å². The van der Waals surface area contributed by atoms with Crippen LogP contribution in [0.5, 0.6) is 5.75 Å². The van der Waals surface area contributed by atoms with Gasteiger partial charge in [-0.05, 0) is 30.3 Å². The quantitative estimate of drug-likeness (QED) is 0.472. The van der Waals surface area contributed by atoms with Gasteiger partial charge < -0.3 is 4.74 Å². The van der Waals surface area contributed by atoms with Crippen molar-refractivity contribution < 1.29 is 31.5 Å². The number of hydrogen-bond donors (Lipinski definition) is 0. The van der Waals surface area contributed by atoms with Crippen LogP contribution in [0.15, 0.2) is 42.5 Å². The summed E-state index contributed by atoms with van der Waals surface area (Å²) in [4.78, 5) is 11.6. The van der Waals surface area contributed by atoms with Crippen LogP contribution in [-0.4, -0.2) is 5.97 Å². The van der Waals surface area contributed by atoms with Gasteiger partial charge in [-0.15, -0.1) is 0 Å². The van der Waals surface area contributed by atoms with E-state index in [1.807, 2.05) is 0 Å². The van der Waals surface area contributed by atoms with Crippen molar-refractivity contribution >= 4 is 5.97 Å². The summed E-state index contributed by atoms with van der Waals surface area (Å²) in [7, 11) is 0. The molecule has 0 bridgehead atoms. The molecule has 110 valence electrons. The Morgan fingerprint density at radius 3 is 2.24 bits per heavy atom. The van der Waals surface area contributed by atoms with Gasteiger partial charge in [-0.3, -0.25) is 0 Å². The Labute approximate surface area is 115 Å². The third kappa shape index (κ3) is 3.36. The summed E-state index contributed by atoms with van der Waals surface area (Å²) in [6, 6.07) is 6.54. The lowest BCUT2D eigenvalue weighted by molar-refractivity contribution is -0.140. The summed E-state index contributed by atoms with van der Waals surface area (Å²) in [6.07, 6.45) is -4.93. The minimum atomic E-state index is -4.93. The first-order valence-electron chi connectivity index (χ1n) is 5.62. The second-order valence-corrected chi connectivity index (χ2v) is 4.01. The maximum Gasteiger partial charge on any atom is 0.419 e. The Hall–Kier alpha value is -2.44. The molecule has 0 heterocycles. The number of carbonyl (C=O) groups is 1. The molecule has 0 N–H and O–H groups in total. The molecule has 0 aliphatic rings. The molecule has 2 aromatic rings. The highest BCUT2D eigenvalue weighted by molar-refractivity contribution is 5.91. The molecule has 7 heteroatoms. The monoisotopic (exact) mass is 302 g/mol. The van der Waals surface area contributed by atoms with Crippen LogP contribution in [0.3, 0.4) is 0 Å². The third-order valence-corrected chi connectivity index (χ3v) is 2.55. The van der Waals surface area contributed by atoms with E-state index in [1.165, 1.54) is 12.1 Å². The molecule has 0 unspecified atom stereocenters. The van der Waals surface area contributed by atoms with Crippen molar-refractivity contribution in [3.8, 4) is 5.75 Å². The van der Waals surface area contributed by atoms with Crippen LogP contribution >= 0.6 is 0 Å². The highest BCUT2D eigenvalue weighted by Gasteiger charge is 2.34. The van der Waals surface area contributed by atoms with Crippen LogP contribution in [-0.2, 0) is 6.18 Å². The predicted molar refractivity (Wildman–Crippen MR) is 62.8 cm³/mol. The van der Waals surface area contributed by atoms with Crippen LogP contribution < -0.4 is 4.74 Å². The van der Waals surface area contributed by atoms with E-state index in [-0.39, 0.29) is 0 Å². The van der Waals surface area contributed by atoms with Crippen LogP contribution in [0.25, 0.3) is 0 Å². The van der Waals surface area contributed by atoms with Gasteiger partial charge in [0.05, 0.1) is 11.1 Å². The van der Waals surface area contributed by atoms with Crippen molar-refractivity contribution in [1.82, 2.24) is 0 Å². The first-order chi connectivity index (χ1) is 9.79. The minimum absolute atomic E-state index is 0.341. The Morgan fingerprint density at radius 2 is 1.62 bits per heavy atom. The average molecular weight is 302 g/mol. The molecule has 0 spiro atoms. The fourth-order valence-electron chi connectivity index (χ4n) is 1.57. The van der Waals surface area contributed by atoms with Crippen LogP contribution in [0.4, 0.5) is 22.0 Å². The SMILES string of the molecule is O=C(Oc1ccc(F)c(C(F)(F)F)c1)c1ccccc1F. The lowest BCUT2D eigenvalue weighted by Crippen LogP contribution is -2.12. The standard InChI is InChI=1S/C14H7F5O2/c15-11-4-2-1-3-9(11)13(20)21-8-5-6-12(16)10(7-8)14(17,18)19/h1-7H. The van der Waals surface area contributed by atoms with Gasteiger partial charge in [0.1, 0.15) is 17.4 Å². The van der Waals surface area contributed by atoms with E-state index in [2.05, 4.69) is 4.74 Å². The fourth-order valence-corrected chi connectivity index (χ4v) is 1.57. The Morgan fingerprint density at radius 1 is 0.952 bits per heavy atom. The molecule has 0 radical (unpaired) electrons. The Bertz CT molecular complexity index is 679. The zero-order valence-corrected chi connectivity index (χ0v) is 10.2. The van der Waals surface area contributed by atoms with Crippen molar-refractivity contribution in [2.45, 2.75) is 6.18 Å². The third-order valence-electron chi connectivity index (χ3n) is 2.55. The maximum atomic E-state index is 13.3. The predicted octanol–water partition coefficient (Wildman–Crippen LogP) is 4.20. The van der Waals surface area contributed by atoms with Crippen LogP contribution in [0.2, 0.25) is 0 Å². The number of halogens is 5. The number of alkyl halides is 3. The molecule has 2 rings (SSSR count). The zero-order chi connectivity index (χ0) is 15.6. The van der Waals surface area contributed by atoms with E-state index < -0.39 is 40.7 Å². The molecule has 0 amide bonds. The van der Waals surface area contributed by atoms with Gasteiger partial charge in [-0.25, -0.2) is 13.6 Å². The normalized spacial score (nSPS) is 11.3. The minimum Gasteiger partial charge on any atom is -0.423 e. The number of carbonyl (C=O) groups excluding carboxylic acids is 1. The molecule has 0 saturated heterocycles. The van der Waals surface area contributed by atoms with Crippen molar-refractivity contribution in [3.63, 3.8) is 0 Å². The van der Waals surface area contributed by atoms with E-state index in [0.717, 1.165) is 18.2 Å². The summed E-state index contributed by atoms with van der Waals surface area (Å²) in [6.45, 7) is 0. The van der Waals surface area contributed by atoms with E-state index >= 15 is 0 Å². The topological polar surface area (TPSA) is 26.3 Å². The van der Waals surface area contributed by atoms with E-state index in [0.29, 0.717) is 12.1 Å². The lowest BCUT2D eigenvalue weighted by atomic mass is 10.2. The summed E-state index contributed by atoms with van der Waals surface area (Å²) >= 11 is 0. The van der Waals surface area contributed by atoms with Gasteiger partial charge in [0, 0.05) is 0 Å². The highest BCUT2D eigenvalue weighted by atomic mass is 19.4. The number of esters is 1. The van der Waals surface area contributed by atoms with Gasteiger partial charge in [-0.1, -0.05) is 12.1 Å². The summed E-state index contributed by atoms with van der Waals surface area (Å²) in [5.41, 5.74) is -2.00. The molecule has 0 aliphatic carbocycles. The number of rotatable bonds is 2. The summed E-state index contributed by atoms with van der Waals surface area (Å²) in [5.74, 6) is -4.07. The van der Waals surface area contributed by atoms with Gasteiger partial charge in [0.2, 0.25) is 0 Å². The van der Waals surface area contributed by atoms with Gasteiger partial charge in [-0.2, -0.15) is 13.2 Å². The Balaban J connectivity index is 2.29. The lowest BCUT2D eigenvalue weighted by Gasteiger charge is -2.10. The molecular formula is C14H7F5O2. The number of benzene rings is 2. The van der Waals surface area contributed by atoms with Gasteiger partial charge >= 0.3 is 12.1 Å². The molecular weight excluding hydrogens is 295 g/mol. The summed E-state index contributed by atoms with van der Waals surface area (Å²) in [5, 5.41) is 0. The van der Waals surface area contributed by atoms with Crippen LogP contribution in [0, 0.1) is 11.6 Å². The first kappa shape index (κ1) is 15.0. The van der Waals surface area contributed by atoms with Gasteiger partial charge in [0.25, 0.3) is 0 Å². The average Bonchev–Trinajstić information content (AvgIpc) is 2.40. The molecule has 0 fully saturated rings. The van der Waals surface area contributed by atoms with Crippen LogP contribution in [0.1, 0.15) is 15.9 Å². The number of hydrogen-bond acceptors (Lipinski definition) is 2. The largest absolute Gasteiger partial charge is 0.423 e. The Kier molecular flexibility index (Phi) is 3.93. The molecule has 2 aromatic carbocycles. The van der Waals surface area contributed by atoms with E-state index in [9.17, 15) is 26.7 Å². The maximum absolute atomic E-state index is 13.3. The molecule has 2 nitrogen and oxygen atoms in total.